The van der Waals surface area contributed by atoms with Crippen molar-refractivity contribution in [3.63, 3.8) is 0 Å². The van der Waals surface area contributed by atoms with E-state index in [-0.39, 0.29) is 23.8 Å². The van der Waals surface area contributed by atoms with Gasteiger partial charge < -0.3 is 19.9 Å². The lowest BCUT2D eigenvalue weighted by Crippen LogP contribution is -2.48. The van der Waals surface area contributed by atoms with Crippen molar-refractivity contribution in [2.75, 3.05) is 32.8 Å². The summed E-state index contributed by atoms with van der Waals surface area (Å²) in [4.78, 5) is 30.8. The van der Waals surface area contributed by atoms with Crippen molar-refractivity contribution in [1.82, 2.24) is 25.1 Å². The Hall–Kier alpha value is -1.93. The van der Waals surface area contributed by atoms with Gasteiger partial charge in [0, 0.05) is 70.8 Å². The molecule has 2 aliphatic heterocycles. The summed E-state index contributed by atoms with van der Waals surface area (Å²) in [7, 11) is 0. The molecule has 0 unspecified atom stereocenters. The van der Waals surface area contributed by atoms with Crippen LogP contribution in [0.25, 0.3) is 0 Å². The van der Waals surface area contributed by atoms with E-state index in [1.54, 1.807) is 19.4 Å². The Bertz CT molecular complexity index is 615. The predicted octanol–water partition coefficient (Wildman–Crippen LogP) is 0.785. The highest BCUT2D eigenvalue weighted by atomic mass is 16.5. The Labute approximate surface area is 167 Å². The van der Waals surface area contributed by atoms with E-state index in [0.29, 0.717) is 12.6 Å². The Kier molecular flexibility index (Phi) is 7.85. The molecular weight excluding hydrogens is 358 g/mol. The van der Waals surface area contributed by atoms with Crippen molar-refractivity contribution in [2.24, 2.45) is 5.92 Å². The number of hydrogen-bond acceptors (Lipinski definition) is 5. The molecular formula is C20H33N5O3. The van der Waals surface area contributed by atoms with Gasteiger partial charge in [0.1, 0.15) is 0 Å². The number of aryl methyl sites for hydroxylation is 1. The SMILES string of the molecule is CC(=O)N[C@H]1CC[C@@H](C(=O)NCCCn2ccnc2)CN(C2CCOCC2)C1. The number of carbonyl (C=O) groups is 2. The molecule has 2 fully saturated rings. The van der Waals surface area contributed by atoms with Gasteiger partial charge in [-0.3, -0.25) is 14.5 Å². The zero-order valence-electron chi connectivity index (χ0n) is 16.8. The summed E-state index contributed by atoms with van der Waals surface area (Å²) in [6.45, 7) is 6.20. The van der Waals surface area contributed by atoms with Crippen molar-refractivity contribution in [3.05, 3.63) is 18.7 Å². The number of ether oxygens (including phenoxy) is 1. The molecule has 1 aromatic rings. The smallest absolute Gasteiger partial charge is 0.224 e. The van der Waals surface area contributed by atoms with E-state index in [9.17, 15) is 9.59 Å². The highest BCUT2D eigenvalue weighted by Gasteiger charge is 2.32. The molecule has 156 valence electrons. The van der Waals surface area contributed by atoms with Crippen molar-refractivity contribution in [3.8, 4) is 0 Å². The van der Waals surface area contributed by atoms with E-state index in [2.05, 4.69) is 20.5 Å². The zero-order valence-corrected chi connectivity index (χ0v) is 16.8. The number of rotatable bonds is 7. The van der Waals surface area contributed by atoms with Crippen molar-refractivity contribution in [2.45, 2.75) is 57.7 Å². The lowest BCUT2D eigenvalue weighted by molar-refractivity contribution is -0.126. The lowest BCUT2D eigenvalue weighted by Gasteiger charge is -2.36. The van der Waals surface area contributed by atoms with Gasteiger partial charge in [0.15, 0.2) is 0 Å². The number of likely N-dealkylation sites (tertiary alicyclic amines) is 1. The first-order valence-electron chi connectivity index (χ1n) is 10.4. The Morgan fingerprint density at radius 2 is 2.00 bits per heavy atom. The fourth-order valence-corrected chi connectivity index (χ4v) is 4.23. The third-order valence-corrected chi connectivity index (χ3v) is 5.71. The van der Waals surface area contributed by atoms with Crippen LogP contribution in [0.15, 0.2) is 18.7 Å². The minimum absolute atomic E-state index is 0.000620. The summed E-state index contributed by atoms with van der Waals surface area (Å²) in [5.41, 5.74) is 0. The number of nitrogens with zero attached hydrogens (tertiary/aromatic N) is 3. The molecule has 8 nitrogen and oxygen atoms in total. The Morgan fingerprint density at radius 1 is 1.18 bits per heavy atom. The van der Waals surface area contributed by atoms with Gasteiger partial charge in [0.2, 0.25) is 11.8 Å². The number of amides is 2. The van der Waals surface area contributed by atoms with Gasteiger partial charge in [-0.05, 0) is 32.1 Å². The molecule has 0 radical (unpaired) electrons. The van der Waals surface area contributed by atoms with Gasteiger partial charge in [-0.2, -0.15) is 0 Å². The normalized spacial score (nSPS) is 24.5. The van der Waals surface area contributed by atoms with Crippen LogP contribution in [-0.2, 0) is 20.9 Å². The van der Waals surface area contributed by atoms with Gasteiger partial charge >= 0.3 is 0 Å². The summed E-state index contributed by atoms with van der Waals surface area (Å²) in [5.74, 6) is 0.0975. The van der Waals surface area contributed by atoms with E-state index in [1.165, 1.54) is 0 Å². The predicted molar refractivity (Wildman–Crippen MR) is 106 cm³/mol. The molecule has 0 spiro atoms. The van der Waals surface area contributed by atoms with Crippen molar-refractivity contribution in [1.29, 1.82) is 0 Å². The van der Waals surface area contributed by atoms with Crippen LogP contribution in [0.1, 0.15) is 39.0 Å². The first-order chi connectivity index (χ1) is 13.6. The average Bonchev–Trinajstić information content (AvgIpc) is 3.12. The van der Waals surface area contributed by atoms with Gasteiger partial charge in [-0.15, -0.1) is 0 Å². The molecule has 3 rings (SSSR count). The Balaban J connectivity index is 1.52. The molecule has 0 saturated carbocycles. The van der Waals surface area contributed by atoms with E-state index in [4.69, 9.17) is 4.74 Å². The second kappa shape index (κ2) is 10.6. The summed E-state index contributed by atoms with van der Waals surface area (Å²) >= 11 is 0. The number of imidazole rings is 1. The van der Waals surface area contributed by atoms with E-state index in [1.807, 2.05) is 10.8 Å². The molecule has 28 heavy (non-hydrogen) atoms. The van der Waals surface area contributed by atoms with E-state index in [0.717, 1.165) is 65.0 Å². The van der Waals surface area contributed by atoms with Gasteiger partial charge in [-0.25, -0.2) is 4.98 Å². The maximum Gasteiger partial charge on any atom is 0.224 e. The third kappa shape index (κ3) is 6.31. The number of nitrogens with one attached hydrogen (secondary N) is 2. The molecule has 3 heterocycles. The van der Waals surface area contributed by atoms with Gasteiger partial charge in [0.25, 0.3) is 0 Å². The lowest BCUT2D eigenvalue weighted by atomic mass is 10.00. The van der Waals surface area contributed by atoms with Crippen LogP contribution in [0.4, 0.5) is 0 Å². The summed E-state index contributed by atoms with van der Waals surface area (Å²) < 4.78 is 7.52. The molecule has 1 aromatic heterocycles. The largest absolute Gasteiger partial charge is 0.381 e. The topological polar surface area (TPSA) is 88.5 Å². The molecule has 2 saturated heterocycles. The highest BCUT2D eigenvalue weighted by molar-refractivity contribution is 5.79. The van der Waals surface area contributed by atoms with Crippen LogP contribution in [0.2, 0.25) is 0 Å². The quantitative estimate of drug-likeness (QED) is 0.671. The molecule has 0 bridgehead atoms. The number of aromatic nitrogens is 2. The van der Waals surface area contributed by atoms with Crippen molar-refractivity contribution >= 4 is 11.8 Å². The molecule has 2 aliphatic rings. The molecule has 2 amide bonds. The fourth-order valence-electron chi connectivity index (χ4n) is 4.23. The first-order valence-corrected chi connectivity index (χ1v) is 10.4. The fraction of sp³-hybridized carbons (Fsp3) is 0.750. The monoisotopic (exact) mass is 391 g/mol. The number of carbonyl (C=O) groups excluding carboxylic acids is 2. The van der Waals surface area contributed by atoms with Crippen LogP contribution in [-0.4, -0.2) is 71.2 Å². The Morgan fingerprint density at radius 3 is 2.71 bits per heavy atom. The van der Waals surface area contributed by atoms with Crippen LogP contribution < -0.4 is 10.6 Å². The van der Waals surface area contributed by atoms with E-state index >= 15 is 0 Å². The molecule has 2 N–H and O–H groups in total. The highest BCUT2D eigenvalue weighted by Crippen LogP contribution is 2.23. The molecule has 0 aromatic carbocycles. The molecule has 8 heteroatoms. The van der Waals surface area contributed by atoms with Crippen LogP contribution >= 0.6 is 0 Å². The second-order valence-electron chi connectivity index (χ2n) is 7.91. The minimum Gasteiger partial charge on any atom is -0.381 e. The first kappa shape index (κ1) is 20.8. The summed E-state index contributed by atoms with van der Waals surface area (Å²) in [6.07, 6.45) is 10.00. The van der Waals surface area contributed by atoms with Crippen LogP contribution in [0, 0.1) is 5.92 Å². The maximum absolute atomic E-state index is 12.8. The van der Waals surface area contributed by atoms with Gasteiger partial charge in [-0.1, -0.05) is 0 Å². The zero-order chi connectivity index (χ0) is 19.8. The van der Waals surface area contributed by atoms with Gasteiger partial charge in [0.05, 0.1) is 12.2 Å². The minimum atomic E-state index is -0.0325. The number of hydrogen-bond donors (Lipinski definition) is 2. The average molecular weight is 392 g/mol. The maximum atomic E-state index is 12.8. The summed E-state index contributed by atoms with van der Waals surface area (Å²) in [5, 5.41) is 6.18. The van der Waals surface area contributed by atoms with E-state index < -0.39 is 0 Å². The van der Waals surface area contributed by atoms with Crippen molar-refractivity contribution < 1.29 is 14.3 Å². The molecule has 0 aliphatic carbocycles. The third-order valence-electron chi connectivity index (χ3n) is 5.71. The second-order valence-corrected chi connectivity index (χ2v) is 7.91. The van der Waals surface area contributed by atoms with Crippen LogP contribution in [0.5, 0.6) is 0 Å². The van der Waals surface area contributed by atoms with Crippen LogP contribution in [0.3, 0.4) is 0 Å². The molecule has 2 atom stereocenters. The summed E-state index contributed by atoms with van der Waals surface area (Å²) in [6, 6.07) is 0.541. The standard InChI is InChI=1S/C20H33N5O3/c1-16(26)23-18-4-3-17(13-25(14-18)19-5-11-28-12-6-19)20(27)22-7-2-9-24-10-8-21-15-24/h8,10,15,17-19H,2-7,9,11-14H2,1H3,(H,22,27)(H,23,26)/t17-,18+/m1/s1.